The highest BCUT2D eigenvalue weighted by Crippen LogP contribution is 2.26. The summed E-state index contributed by atoms with van der Waals surface area (Å²) in [5.41, 5.74) is 1.62. The lowest BCUT2D eigenvalue weighted by atomic mass is 10.1. The molecule has 0 aliphatic heterocycles. The number of nitrogens with one attached hydrogen (secondary N) is 2. The molecule has 4 nitrogen and oxygen atoms in total. The van der Waals surface area contributed by atoms with Crippen LogP contribution in [0.25, 0.3) is 0 Å². The van der Waals surface area contributed by atoms with Gasteiger partial charge in [0.15, 0.2) is 0 Å². The molecule has 27 heavy (non-hydrogen) atoms. The van der Waals surface area contributed by atoms with E-state index in [-0.39, 0.29) is 10.9 Å². The maximum Gasteiger partial charge on any atom is 0.406 e. The lowest BCUT2D eigenvalue weighted by molar-refractivity contribution is -0.157. The van der Waals surface area contributed by atoms with Crippen LogP contribution in [-0.2, 0) is 10.0 Å². The average molecular weight is 400 g/mol. The highest BCUT2D eigenvalue weighted by molar-refractivity contribution is 7.89. The summed E-state index contributed by atoms with van der Waals surface area (Å²) in [5.74, 6) is 0. The van der Waals surface area contributed by atoms with Crippen LogP contribution in [-0.4, -0.2) is 26.7 Å². The van der Waals surface area contributed by atoms with Crippen molar-refractivity contribution in [3.05, 3.63) is 65.7 Å². The van der Waals surface area contributed by atoms with Gasteiger partial charge in [0, 0.05) is 12.1 Å². The third-order valence-corrected chi connectivity index (χ3v) is 5.74. The van der Waals surface area contributed by atoms with Gasteiger partial charge in [0.25, 0.3) is 0 Å². The second kappa shape index (κ2) is 8.41. The van der Waals surface area contributed by atoms with Gasteiger partial charge in [0.05, 0.1) is 4.90 Å². The predicted octanol–water partition coefficient (Wildman–Crippen LogP) is 3.94. The van der Waals surface area contributed by atoms with E-state index in [4.69, 9.17) is 0 Å². The summed E-state index contributed by atoms with van der Waals surface area (Å²) in [4.78, 5) is -0.203. The first-order chi connectivity index (χ1) is 12.5. The third-order valence-electron chi connectivity index (χ3n) is 4.28. The van der Waals surface area contributed by atoms with Crippen molar-refractivity contribution in [2.24, 2.45) is 0 Å². The minimum atomic E-state index is -4.75. The van der Waals surface area contributed by atoms with Crippen LogP contribution in [0.4, 0.5) is 13.2 Å². The largest absolute Gasteiger partial charge is 0.406 e. The zero-order valence-corrected chi connectivity index (χ0v) is 16.1. The molecule has 1 unspecified atom stereocenters. The molecule has 2 N–H and O–H groups in total. The van der Waals surface area contributed by atoms with Gasteiger partial charge in [0.2, 0.25) is 10.0 Å². The number of sulfonamides is 1. The Morgan fingerprint density at radius 1 is 0.926 bits per heavy atom. The summed E-state index contributed by atoms with van der Waals surface area (Å²) in [6.07, 6.45) is -4.75. The number of hydrogen-bond acceptors (Lipinski definition) is 3. The van der Waals surface area contributed by atoms with Crippen molar-refractivity contribution in [2.75, 3.05) is 0 Å². The second-order valence-corrected chi connectivity index (χ2v) is 8.26. The van der Waals surface area contributed by atoms with Crippen LogP contribution in [0, 0.1) is 6.92 Å². The van der Waals surface area contributed by atoms with Gasteiger partial charge < -0.3 is 5.32 Å². The van der Waals surface area contributed by atoms with Gasteiger partial charge in [-0.15, -0.1) is 0 Å². The molecule has 0 amide bonds. The maximum absolute atomic E-state index is 13.6. The Labute approximate surface area is 157 Å². The molecule has 0 aliphatic carbocycles. The molecule has 0 aliphatic rings. The molecule has 148 valence electrons. The van der Waals surface area contributed by atoms with Crippen LogP contribution < -0.4 is 10.0 Å². The summed E-state index contributed by atoms with van der Waals surface area (Å²) >= 11 is 0. The van der Waals surface area contributed by atoms with E-state index < -0.39 is 28.3 Å². The molecular formula is C19H23F3N2O2S. The third kappa shape index (κ3) is 5.79. The Morgan fingerprint density at radius 3 is 2.00 bits per heavy atom. The fourth-order valence-electron chi connectivity index (χ4n) is 2.73. The Hall–Kier alpha value is -1.90. The zero-order valence-electron chi connectivity index (χ0n) is 15.3. The highest BCUT2D eigenvalue weighted by atomic mass is 32.2. The van der Waals surface area contributed by atoms with Gasteiger partial charge in [-0.25, -0.2) is 8.42 Å². The fraction of sp³-hybridized carbons (Fsp3) is 0.368. The molecule has 0 bridgehead atoms. The van der Waals surface area contributed by atoms with Crippen LogP contribution in [0.5, 0.6) is 0 Å². The van der Waals surface area contributed by atoms with E-state index in [0.717, 1.165) is 11.1 Å². The van der Waals surface area contributed by atoms with Crippen LogP contribution in [0.3, 0.4) is 0 Å². The smallest absolute Gasteiger partial charge is 0.306 e. The topological polar surface area (TPSA) is 58.2 Å². The molecule has 0 aromatic heterocycles. The molecule has 2 rings (SSSR count). The van der Waals surface area contributed by atoms with E-state index in [1.54, 1.807) is 38.1 Å². The van der Waals surface area contributed by atoms with Crippen molar-refractivity contribution in [2.45, 2.75) is 50.0 Å². The fourth-order valence-corrected chi connectivity index (χ4v) is 4.04. The van der Waals surface area contributed by atoms with E-state index in [9.17, 15) is 21.6 Å². The Kier molecular flexibility index (Phi) is 6.67. The van der Waals surface area contributed by atoms with Crippen LogP contribution in [0.15, 0.2) is 59.5 Å². The number of aryl methyl sites for hydroxylation is 1. The van der Waals surface area contributed by atoms with Gasteiger partial charge in [-0.3, -0.25) is 0 Å². The number of benzene rings is 2. The summed E-state index contributed by atoms with van der Waals surface area (Å²) in [5, 5.41) is 2.84. The summed E-state index contributed by atoms with van der Waals surface area (Å²) in [6.45, 7) is 4.81. The minimum Gasteiger partial charge on any atom is -0.306 e. The predicted molar refractivity (Wildman–Crippen MR) is 98.8 cm³/mol. The summed E-state index contributed by atoms with van der Waals surface area (Å²) in [6, 6.07) is 10.8. The first kappa shape index (κ1) is 21.4. The summed E-state index contributed by atoms with van der Waals surface area (Å²) < 4.78 is 67.4. The first-order valence-electron chi connectivity index (χ1n) is 8.47. The SMILES string of the molecule is Cc1ccc(S(=O)(=O)N[C@@H](C(C)N[C@H](C)c2ccccc2)C(F)(F)F)cc1. The van der Waals surface area contributed by atoms with Crippen molar-refractivity contribution >= 4 is 10.0 Å². The average Bonchev–Trinajstić information content (AvgIpc) is 2.60. The quantitative estimate of drug-likeness (QED) is 0.740. The molecule has 3 atom stereocenters. The Balaban J connectivity index is 2.21. The molecule has 0 saturated heterocycles. The lowest BCUT2D eigenvalue weighted by Gasteiger charge is -2.30. The van der Waals surface area contributed by atoms with Gasteiger partial charge >= 0.3 is 6.18 Å². The maximum atomic E-state index is 13.6. The van der Waals surface area contributed by atoms with Gasteiger partial charge in [-0.2, -0.15) is 17.9 Å². The van der Waals surface area contributed by atoms with E-state index in [2.05, 4.69) is 5.32 Å². The normalized spacial score (nSPS) is 15.9. The van der Waals surface area contributed by atoms with Crippen molar-refractivity contribution in [3.63, 3.8) is 0 Å². The van der Waals surface area contributed by atoms with Crippen LogP contribution in [0.1, 0.15) is 31.0 Å². The monoisotopic (exact) mass is 400 g/mol. The number of alkyl halides is 3. The van der Waals surface area contributed by atoms with Crippen molar-refractivity contribution in [1.82, 2.24) is 10.0 Å². The van der Waals surface area contributed by atoms with E-state index in [1.165, 1.54) is 31.2 Å². The molecule has 8 heteroatoms. The van der Waals surface area contributed by atoms with E-state index >= 15 is 0 Å². The number of halogens is 3. The molecule has 0 radical (unpaired) electrons. The first-order valence-corrected chi connectivity index (χ1v) is 9.96. The van der Waals surface area contributed by atoms with Gasteiger partial charge in [-0.1, -0.05) is 48.0 Å². The van der Waals surface area contributed by atoms with E-state index in [1.807, 2.05) is 10.8 Å². The van der Waals surface area contributed by atoms with Gasteiger partial charge in [-0.05, 0) is 38.5 Å². The van der Waals surface area contributed by atoms with Crippen molar-refractivity contribution < 1.29 is 21.6 Å². The highest BCUT2D eigenvalue weighted by Gasteiger charge is 2.45. The Bertz CT molecular complexity index is 838. The molecule has 2 aromatic rings. The Morgan fingerprint density at radius 2 is 1.48 bits per heavy atom. The summed E-state index contributed by atoms with van der Waals surface area (Å²) in [7, 11) is -4.31. The minimum absolute atomic E-state index is 0.203. The number of hydrogen-bond donors (Lipinski definition) is 2. The number of rotatable bonds is 7. The van der Waals surface area contributed by atoms with Crippen LogP contribution >= 0.6 is 0 Å². The molecule has 0 spiro atoms. The molecule has 0 saturated carbocycles. The lowest BCUT2D eigenvalue weighted by Crippen LogP contribution is -2.56. The molecule has 0 fully saturated rings. The molecular weight excluding hydrogens is 377 g/mol. The molecule has 2 aromatic carbocycles. The standard InChI is InChI=1S/C19H23F3N2O2S/c1-13-9-11-17(12-10-13)27(25,26)24-18(19(20,21)22)15(3)23-14(2)16-7-5-4-6-8-16/h4-12,14-15,18,23-24H,1-3H3/t14-,15?,18+/m1/s1. The van der Waals surface area contributed by atoms with Crippen molar-refractivity contribution in [3.8, 4) is 0 Å². The zero-order chi connectivity index (χ0) is 20.2. The second-order valence-electron chi connectivity index (χ2n) is 6.54. The van der Waals surface area contributed by atoms with E-state index in [0.29, 0.717) is 0 Å². The van der Waals surface area contributed by atoms with Crippen LogP contribution in [0.2, 0.25) is 0 Å². The molecule has 0 heterocycles. The van der Waals surface area contributed by atoms with Gasteiger partial charge in [0.1, 0.15) is 6.04 Å². The van der Waals surface area contributed by atoms with Crippen molar-refractivity contribution in [1.29, 1.82) is 0 Å².